The highest BCUT2D eigenvalue weighted by atomic mass is 16.5. The third-order valence-corrected chi connectivity index (χ3v) is 4.09. The molecule has 0 atom stereocenters. The molecule has 0 N–H and O–H groups in total. The Morgan fingerprint density at radius 2 is 1.07 bits per heavy atom. The van der Waals surface area contributed by atoms with Crippen LogP contribution in [0.5, 0.6) is 11.5 Å². The van der Waals surface area contributed by atoms with Gasteiger partial charge in [0.25, 0.3) is 0 Å². The van der Waals surface area contributed by atoms with Gasteiger partial charge in [-0.3, -0.25) is 14.4 Å². The second-order valence-corrected chi connectivity index (χ2v) is 9.07. The second-order valence-electron chi connectivity index (χ2n) is 9.07. The fourth-order valence-corrected chi connectivity index (χ4v) is 2.12. The SMILES string of the molecule is CC(C)(C)C(=O)Oc1ccc(/C=C/C(=O)c2ccc(OC(=O)C(C)(C)C)cc2)cc1. The van der Waals surface area contributed by atoms with Crippen LogP contribution in [0, 0.1) is 10.8 Å². The number of ether oxygens (including phenoxy) is 2. The van der Waals surface area contributed by atoms with E-state index >= 15 is 0 Å². The summed E-state index contributed by atoms with van der Waals surface area (Å²) in [5.41, 5.74) is 0.107. The summed E-state index contributed by atoms with van der Waals surface area (Å²) in [6.45, 7) is 10.7. The first-order valence-corrected chi connectivity index (χ1v) is 9.73. The number of carbonyl (C=O) groups is 3. The van der Waals surface area contributed by atoms with Crippen molar-refractivity contribution in [3.63, 3.8) is 0 Å². The molecule has 2 aromatic rings. The molecule has 0 heterocycles. The van der Waals surface area contributed by atoms with E-state index in [0.717, 1.165) is 5.56 Å². The Bertz CT molecular complexity index is 937. The number of hydrogen-bond acceptors (Lipinski definition) is 5. The van der Waals surface area contributed by atoms with E-state index in [1.54, 1.807) is 96.1 Å². The number of hydrogen-bond donors (Lipinski definition) is 0. The molecular formula is C25H28O5. The Hall–Kier alpha value is -3.21. The zero-order valence-electron chi connectivity index (χ0n) is 18.3. The van der Waals surface area contributed by atoms with Gasteiger partial charge in [-0.05, 0) is 89.6 Å². The summed E-state index contributed by atoms with van der Waals surface area (Å²) in [6, 6.07) is 13.3. The third-order valence-electron chi connectivity index (χ3n) is 4.09. The summed E-state index contributed by atoms with van der Waals surface area (Å²) in [6.07, 6.45) is 3.15. The van der Waals surface area contributed by atoms with E-state index in [4.69, 9.17) is 9.47 Å². The summed E-state index contributed by atoms with van der Waals surface area (Å²) in [5.74, 6) is 0.0391. The van der Waals surface area contributed by atoms with Gasteiger partial charge in [0.05, 0.1) is 10.8 Å². The maximum atomic E-state index is 12.4. The lowest BCUT2D eigenvalue weighted by Gasteiger charge is -2.16. The highest BCUT2D eigenvalue weighted by Gasteiger charge is 2.24. The Balaban J connectivity index is 1.98. The number of benzene rings is 2. The number of rotatable bonds is 5. The van der Waals surface area contributed by atoms with Crippen molar-refractivity contribution in [3.05, 3.63) is 65.7 Å². The third kappa shape index (κ3) is 6.69. The van der Waals surface area contributed by atoms with Crippen LogP contribution in [0.15, 0.2) is 54.6 Å². The first-order valence-electron chi connectivity index (χ1n) is 9.73. The standard InChI is InChI=1S/C25H28O5/c1-24(2,3)22(27)29-19-12-7-17(8-13-19)9-16-21(26)18-10-14-20(15-11-18)30-23(28)25(4,5)6/h7-16H,1-6H3/b16-9+. The van der Waals surface area contributed by atoms with Gasteiger partial charge in [-0.2, -0.15) is 0 Å². The molecule has 0 aliphatic rings. The minimum atomic E-state index is -0.599. The summed E-state index contributed by atoms with van der Waals surface area (Å²) in [4.78, 5) is 36.2. The van der Waals surface area contributed by atoms with Gasteiger partial charge < -0.3 is 9.47 Å². The van der Waals surface area contributed by atoms with Crippen LogP contribution >= 0.6 is 0 Å². The van der Waals surface area contributed by atoms with Crippen molar-refractivity contribution in [1.82, 2.24) is 0 Å². The van der Waals surface area contributed by atoms with Gasteiger partial charge in [-0.15, -0.1) is 0 Å². The smallest absolute Gasteiger partial charge is 0.316 e. The van der Waals surface area contributed by atoms with Crippen molar-refractivity contribution >= 4 is 23.8 Å². The number of esters is 2. The molecule has 0 bridgehead atoms. The number of carbonyl (C=O) groups excluding carboxylic acids is 3. The highest BCUT2D eigenvalue weighted by molar-refractivity contribution is 6.06. The predicted molar refractivity (Wildman–Crippen MR) is 116 cm³/mol. The van der Waals surface area contributed by atoms with E-state index in [2.05, 4.69) is 0 Å². The van der Waals surface area contributed by atoms with Crippen LogP contribution < -0.4 is 9.47 Å². The van der Waals surface area contributed by atoms with Gasteiger partial charge in [0.2, 0.25) is 0 Å². The van der Waals surface area contributed by atoms with Gasteiger partial charge in [0.1, 0.15) is 11.5 Å². The first-order chi connectivity index (χ1) is 13.9. The molecule has 0 saturated carbocycles. The van der Waals surface area contributed by atoms with E-state index in [0.29, 0.717) is 17.1 Å². The molecule has 0 spiro atoms. The normalized spacial score (nSPS) is 11.9. The zero-order chi connectivity index (χ0) is 22.5. The van der Waals surface area contributed by atoms with Crippen LogP contribution in [0.1, 0.15) is 57.5 Å². The monoisotopic (exact) mass is 408 g/mol. The van der Waals surface area contributed by atoms with Crippen LogP contribution in [0.3, 0.4) is 0 Å². The van der Waals surface area contributed by atoms with Gasteiger partial charge in [0, 0.05) is 5.56 Å². The Morgan fingerprint density at radius 1 is 0.667 bits per heavy atom. The average molecular weight is 408 g/mol. The average Bonchev–Trinajstić information content (AvgIpc) is 2.66. The van der Waals surface area contributed by atoms with E-state index in [1.807, 2.05) is 0 Å². The molecular weight excluding hydrogens is 380 g/mol. The Morgan fingerprint density at radius 3 is 1.47 bits per heavy atom. The van der Waals surface area contributed by atoms with E-state index in [-0.39, 0.29) is 17.7 Å². The quantitative estimate of drug-likeness (QED) is 0.283. The lowest BCUT2D eigenvalue weighted by atomic mass is 9.97. The zero-order valence-corrected chi connectivity index (χ0v) is 18.3. The van der Waals surface area contributed by atoms with Crippen molar-refractivity contribution in [1.29, 1.82) is 0 Å². The van der Waals surface area contributed by atoms with Crippen molar-refractivity contribution in [2.45, 2.75) is 41.5 Å². The molecule has 2 rings (SSSR count). The van der Waals surface area contributed by atoms with Crippen LogP contribution in [0.4, 0.5) is 0 Å². The summed E-state index contributed by atoms with van der Waals surface area (Å²) >= 11 is 0. The molecule has 0 aromatic heterocycles. The predicted octanol–water partition coefficient (Wildman–Crippen LogP) is 5.49. The minimum absolute atomic E-state index is 0.174. The van der Waals surface area contributed by atoms with Crippen molar-refractivity contribution < 1.29 is 23.9 Å². The van der Waals surface area contributed by atoms with Crippen molar-refractivity contribution in [2.24, 2.45) is 10.8 Å². The fourth-order valence-electron chi connectivity index (χ4n) is 2.12. The number of allylic oxidation sites excluding steroid dienone is 1. The van der Waals surface area contributed by atoms with Crippen LogP contribution in [0.2, 0.25) is 0 Å². The summed E-state index contributed by atoms with van der Waals surface area (Å²) in [7, 11) is 0. The molecule has 0 radical (unpaired) electrons. The molecule has 0 fully saturated rings. The molecule has 5 heteroatoms. The highest BCUT2D eigenvalue weighted by Crippen LogP contribution is 2.21. The van der Waals surface area contributed by atoms with E-state index in [1.165, 1.54) is 6.08 Å². The van der Waals surface area contributed by atoms with Crippen molar-refractivity contribution in [3.8, 4) is 11.5 Å². The van der Waals surface area contributed by atoms with Gasteiger partial charge >= 0.3 is 11.9 Å². The topological polar surface area (TPSA) is 69.7 Å². The van der Waals surface area contributed by atoms with E-state index < -0.39 is 10.8 Å². The Labute approximate surface area is 177 Å². The molecule has 0 amide bonds. The second kappa shape index (κ2) is 9.08. The van der Waals surface area contributed by atoms with Crippen LogP contribution in [-0.2, 0) is 9.59 Å². The molecule has 30 heavy (non-hydrogen) atoms. The first kappa shape index (κ1) is 23.1. The fraction of sp³-hybridized carbons (Fsp3) is 0.320. The van der Waals surface area contributed by atoms with Gasteiger partial charge in [-0.1, -0.05) is 18.2 Å². The molecule has 0 saturated heterocycles. The molecule has 0 aliphatic heterocycles. The molecule has 0 unspecified atom stereocenters. The Kier molecular flexibility index (Phi) is 6.98. The minimum Gasteiger partial charge on any atom is -0.426 e. The van der Waals surface area contributed by atoms with Crippen LogP contribution in [-0.4, -0.2) is 17.7 Å². The number of ketones is 1. The summed E-state index contributed by atoms with van der Waals surface area (Å²) < 4.78 is 10.6. The molecule has 5 nitrogen and oxygen atoms in total. The molecule has 158 valence electrons. The van der Waals surface area contributed by atoms with E-state index in [9.17, 15) is 14.4 Å². The van der Waals surface area contributed by atoms with Crippen molar-refractivity contribution in [2.75, 3.05) is 0 Å². The molecule has 0 aliphatic carbocycles. The van der Waals surface area contributed by atoms with Gasteiger partial charge in [0.15, 0.2) is 5.78 Å². The van der Waals surface area contributed by atoms with Gasteiger partial charge in [-0.25, -0.2) is 0 Å². The maximum Gasteiger partial charge on any atom is 0.316 e. The lowest BCUT2D eigenvalue weighted by molar-refractivity contribution is -0.143. The maximum absolute atomic E-state index is 12.4. The summed E-state index contributed by atoms with van der Waals surface area (Å²) in [5, 5.41) is 0. The van der Waals surface area contributed by atoms with Crippen LogP contribution in [0.25, 0.3) is 6.08 Å². The lowest BCUT2D eigenvalue weighted by Crippen LogP contribution is -2.25. The largest absolute Gasteiger partial charge is 0.426 e. The molecule has 2 aromatic carbocycles.